The zero-order chi connectivity index (χ0) is 20.5. The van der Waals surface area contributed by atoms with Gasteiger partial charge in [-0.25, -0.2) is 0 Å². The van der Waals surface area contributed by atoms with Crippen LogP contribution in [-0.2, 0) is 6.42 Å². The van der Waals surface area contributed by atoms with E-state index in [1.54, 1.807) is 5.56 Å². The first-order valence-corrected chi connectivity index (χ1v) is 12.0. The van der Waals surface area contributed by atoms with Crippen LogP contribution in [0.3, 0.4) is 0 Å². The maximum atomic E-state index is 5.93. The van der Waals surface area contributed by atoms with E-state index in [0.717, 1.165) is 11.6 Å². The highest BCUT2D eigenvalue weighted by molar-refractivity contribution is 5.39. The molecule has 1 aliphatic carbocycles. The van der Waals surface area contributed by atoms with Crippen LogP contribution < -0.4 is 5.73 Å². The fraction of sp³-hybridized carbons (Fsp3) is 0.571. The number of nitrogens with two attached hydrogens (primary N) is 1. The molecule has 2 aromatic rings. The highest BCUT2D eigenvalue weighted by Crippen LogP contribution is 2.48. The van der Waals surface area contributed by atoms with Gasteiger partial charge in [0.05, 0.1) is 0 Å². The van der Waals surface area contributed by atoms with E-state index in [0.29, 0.717) is 5.41 Å². The quantitative estimate of drug-likeness (QED) is 0.320. The van der Waals surface area contributed by atoms with Gasteiger partial charge < -0.3 is 5.73 Å². The van der Waals surface area contributed by atoms with Gasteiger partial charge in [0.15, 0.2) is 0 Å². The summed E-state index contributed by atoms with van der Waals surface area (Å²) < 4.78 is 0. The first-order valence-electron chi connectivity index (χ1n) is 12.0. The third-order valence-electron chi connectivity index (χ3n) is 7.18. The van der Waals surface area contributed by atoms with Crippen LogP contribution in [-0.4, -0.2) is 0 Å². The monoisotopic (exact) mass is 391 g/mol. The molecule has 1 heteroatoms. The zero-order valence-corrected chi connectivity index (χ0v) is 18.8. The van der Waals surface area contributed by atoms with Crippen molar-refractivity contribution in [3.05, 3.63) is 65.2 Å². The molecule has 0 radical (unpaired) electrons. The largest absolute Gasteiger partial charge is 0.399 e. The van der Waals surface area contributed by atoms with Crippen LogP contribution in [0.5, 0.6) is 0 Å². The van der Waals surface area contributed by atoms with Crippen LogP contribution in [0.25, 0.3) is 0 Å². The number of benzene rings is 2. The Kier molecular flexibility index (Phi) is 8.21. The number of nitrogen functional groups attached to an aromatic ring is 1. The van der Waals surface area contributed by atoms with Crippen LogP contribution >= 0.6 is 0 Å². The molecule has 1 aliphatic rings. The highest BCUT2D eigenvalue weighted by Gasteiger charge is 2.35. The minimum absolute atomic E-state index is 0.487. The first-order chi connectivity index (χ1) is 14.1. The SMILES string of the molecule is CCCCCCCCC1(Cc2ccc(N)cc2)CCC(c2cccc(C)c2)CC1. The second-order valence-electron chi connectivity index (χ2n) is 9.62. The molecule has 0 amide bonds. The Bertz CT molecular complexity index is 722. The van der Waals surface area contributed by atoms with Crippen molar-refractivity contribution in [3.8, 4) is 0 Å². The summed E-state index contributed by atoms with van der Waals surface area (Å²) in [7, 11) is 0. The van der Waals surface area contributed by atoms with Crippen molar-refractivity contribution in [1.82, 2.24) is 0 Å². The van der Waals surface area contributed by atoms with Crippen LogP contribution in [0, 0.1) is 12.3 Å². The predicted molar refractivity (Wildman–Crippen MR) is 127 cm³/mol. The average Bonchev–Trinajstić information content (AvgIpc) is 2.73. The summed E-state index contributed by atoms with van der Waals surface area (Å²) in [6.07, 6.45) is 16.4. The summed E-state index contributed by atoms with van der Waals surface area (Å²) in [5, 5.41) is 0. The smallest absolute Gasteiger partial charge is 0.0314 e. The molecule has 158 valence electrons. The lowest BCUT2D eigenvalue weighted by Gasteiger charge is -2.41. The van der Waals surface area contributed by atoms with E-state index in [-0.39, 0.29) is 0 Å². The lowest BCUT2D eigenvalue weighted by atomic mass is 9.64. The predicted octanol–water partition coefficient (Wildman–Crippen LogP) is 8.21. The summed E-state index contributed by atoms with van der Waals surface area (Å²) in [5.74, 6) is 0.749. The second kappa shape index (κ2) is 10.9. The Morgan fingerprint density at radius 1 is 0.897 bits per heavy atom. The molecule has 0 spiro atoms. The molecule has 0 unspecified atom stereocenters. The van der Waals surface area contributed by atoms with Gasteiger partial charge in [-0.05, 0) is 80.0 Å². The van der Waals surface area contributed by atoms with Crippen molar-refractivity contribution >= 4 is 5.69 Å². The Morgan fingerprint density at radius 2 is 1.59 bits per heavy atom. The Hall–Kier alpha value is -1.76. The number of hydrogen-bond donors (Lipinski definition) is 1. The Balaban J connectivity index is 1.62. The summed E-state index contributed by atoms with van der Waals surface area (Å²) in [6, 6.07) is 17.9. The van der Waals surface area contributed by atoms with Crippen molar-refractivity contribution in [2.45, 2.75) is 96.8 Å². The minimum atomic E-state index is 0.487. The topological polar surface area (TPSA) is 26.0 Å². The van der Waals surface area contributed by atoms with Gasteiger partial charge in [-0.15, -0.1) is 0 Å². The third-order valence-corrected chi connectivity index (χ3v) is 7.18. The number of aryl methyl sites for hydroxylation is 1. The normalized spacial score (nSPS) is 21.9. The van der Waals surface area contributed by atoms with Gasteiger partial charge in [-0.3, -0.25) is 0 Å². The van der Waals surface area contributed by atoms with Crippen molar-refractivity contribution in [2.24, 2.45) is 5.41 Å². The molecule has 1 nitrogen and oxygen atoms in total. The summed E-state index contributed by atoms with van der Waals surface area (Å²) >= 11 is 0. The van der Waals surface area contributed by atoms with E-state index < -0.39 is 0 Å². The zero-order valence-electron chi connectivity index (χ0n) is 18.8. The molecule has 0 aromatic heterocycles. The van der Waals surface area contributed by atoms with Gasteiger partial charge in [0.2, 0.25) is 0 Å². The van der Waals surface area contributed by atoms with Gasteiger partial charge in [-0.1, -0.05) is 87.4 Å². The second-order valence-corrected chi connectivity index (χ2v) is 9.62. The summed E-state index contributed by atoms with van der Waals surface area (Å²) in [4.78, 5) is 0. The molecular weight excluding hydrogens is 350 g/mol. The maximum Gasteiger partial charge on any atom is 0.0314 e. The Labute approximate surface area is 179 Å². The van der Waals surface area contributed by atoms with Crippen LogP contribution in [0.2, 0.25) is 0 Å². The molecule has 0 atom stereocenters. The van der Waals surface area contributed by atoms with E-state index in [9.17, 15) is 0 Å². The number of unbranched alkanes of at least 4 members (excludes halogenated alkanes) is 5. The van der Waals surface area contributed by atoms with Crippen molar-refractivity contribution in [3.63, 3.8) is 0 Å². The maximum absolute atomic E-state index is 5.93. The number of rotatable bonds is 10. The van der Waals surface area contributed by atoms with E-state index in [1.807, 2.05) is 0 Å². The van der Waals surface area contributed by atoms with Crippen molar-refractivity contribution < 1.29 is 0 Å². The van der Waals surface area contributed by atoms with E-state index >= 15 is 0 Å². The van der Waals surface area contributed by atoms with E-state index in [1.165, 1.54) is 88.2 Å². The highest BCUT2D eigenvalue weighted by atomic mass is 14.5. The first kappa shape index (κ1) is 21.9. The lowest BCUT2D eigenvalue weighted by Crippen LogP contribution is -2.29. The number of hydrogen-bond acceptors (Lipinski definition) is 1. The standard InChI is InChI=1S/C28H41N/c1-3-4-5-6-7-8-18-28(22-24-12-14-27(29)15-13-24)19-16-25(17-20-28)26-11-9-10-23(2)21-26/h9-15,21,25H,3-8,16-20,22,29H2,1-2H3. The van der Waals surface area contributed by atoms with Crippen molar-refractivity contribution in [2.75, 3.05) is 5.73 Å². The van der Waals surface area contributed by atoms with Gasteiger partial charge in [0.1, 0.15) is 0 Å². The van der Waals surface area contributed by atoms with E-state index in [2.05, 4.69) is 62.4 Å². The molecular formula is C28H41N. The molecule has 0 saturated heterocycles. The average molecular weight is 392 g/mol. The van der Waals surface area contributed by atoms with Gasteiger partial charge in [-0.2, -0.15) is 0 Å². The third kappa shape index (κ3) is 6.63. The molecule has 3 rings (SSSR count). The molecule has 0 aliphatic heterocycles. The molecule has 0 bridgehead atoms. The molecule has 29 heavy (non-hydrogen) atoms. The van der Waals surface area contributed by atoms with Crippen LogP contribution in [0.1, 0.15) is 100 Å². The molecule has 1 saturated carbocycles. The van der Waals surface area contributed by atoms with Gasteiger partial charge in [0.25, 0.3) is 0 Å². The van der Waals surface area contributed by atoms with Crippen molar-refractivity contribution in [1.29, 1.82) is 0 Å². The lowest BCUT2D eigenvalue weighted by molar-refractivity contribution is 0.152. The van der Waals surface area contributed by atoms with Gasteiger partial charge in [0, 0.05) is 5.69 Å². The summed E-state index contributed by atoms with van der Waals surface area (Å²) in [6.45, 7) is 4.52. The Morgan fingerprint density at radius 3 is 2.28 bits per heavy atom. The summed E-state index contributed by atoms with van der Waals surface area (Å²) in [5.41, 5.74) is 11.7. The van der Waals surface area contributed by atoms with Crippen LogP contribution in [0.4, 0.5) is 5.69 Å². The van der Waals surface area contributed by atoms with Crippen LogP contribution in [0.15, 0.2) is 48.5 Å². The molecule has 0 heterocycles. The minimum Gasteiger partial charge on any atom is -0.399 e. The van der Waals surface area contributed by atoms with Gasteiger partial charge >= 0.3 is 0 Å². The fourth-order valence-corrected chi connectivity index (χ4v) is 5.35. The molecule has 1 fully saturated rings. The van der Waals surface area contributed by atoms with E-state index in [4.69, 9.17) is 5.73 Å². The molecule has 2 aromatic carbocycles. The number of anilines is 1. The molecule has 2 N–H and O–H groups in total. The fourth-order valence-electron chi connectivity index (χ4n) is 5.35.